The molecule has 2 aromatic rings. The molecule has 10 heteroatoms. The van der Waals surface area contributed by atoms with Gasteiger partial charge in [0.1, 0.15) is 11.4 Å². The summed E-state index contributed by atoms with van der Waals surface area (Å²) in [6.07, 6.45) is 4.87. The van der Waals surface area contributed by atoms with Gasteiger partial charge in [-0.25, -0.2) is 4.79 Å². The van der Waals surface area contributed by atoms with Crippen LogP contribution in [0, 0.1) is 0 Å². The van der Waals surface area contributed by atoms with Crippen LogP contribution in [0.1, 0.15) is 62.4 Å². The molecular weight excluding hydrogens is 416 g/mol. The number of rotatable bonds is 8. The molecule has 4 amide bonds. The van der Waals surface area contributed by atoms with Gasteiger partial charge in [-0.15, -0.1) is 10.2 Å². The van der Waals surface area contributed by atoms with Gasteiger partial charge >= 0.3 is 6.03 Å². The Morgan fingerprint density at radius 1 is 1.19 bits per heavy atom. The number of amides is 4. The highest BCUT2D eigenvalue weighted by atomic mass is 32.2. The Morgan fingerprint density at radius 2 is 1.94 bits per heavy atom. The quantitative estimate of drug-likeness (QED) is 0.482. The third-order valence-electron chi connectivity index (χ3n) is 6.00. The Labute approximate surface area is 183 Å². The zero-order chi connectivity index (χ0) is 21.6. The predicted molar refractivity (Wildman–Crippen MR) is 113 cm³/mol. The van der Waals surface area contributed by atoms with Crippen molar-refractivity contribution in [1.29, 1.82) is 0 Å². The summed E-state index contributed by atoms with van der Waals surface area (Å²) in [7, 11) is 0. The molecule has 3 aliphatic rings. The van der Waals surface area contributed by atoms with Crippen LogP contribution < -0.4 is 10.7 Å². The van der Waals surface area contributed by atoms with Crippen LogP contribution >= 0.6 is 11.8 Å². The maximum atomic E-state index is 13.1. The van der Waals surface area contributed by atoms with Crippen LogP contribution in [0.25, 0.3) is 0 Å². The molecule has 0 radical (unpaired) electrons. The van der Waals surface area contributed by atoms with E-state index in [1.54, 1.807) is 12.1 Å². The second kappa shape index (κ2) is 7.67. The maximum absolute atomic E-state index is 13.1. The van der Waals surface area contributed by atoms with Crippen molar-refractivity contribution in [2.75, 3.05) is 5.75 Å². The van der Waals surface area contributed by atoms with Gasteiger partial charge in [0.25, 0.3) is 5.91 Å². The first-order valence-electron chi connectivity index (χ1n) is 10.6. The molecule has 2 N–H and O–H groups in total. The highest BCUT2D eigenvalue weighted by Gasteiger charge is 2.52. The Balaban J connectivity index is 1.26. The molecule has 2 aliphatic carbocycles. The lowest BCUT2D eigenvalue weighted by atomic mass is 9.87. The van der Waals surface area contributed by atoms with Crippen molar-refractivity contribution >= 4 is 29.6 Å². The van der Waals surface area contributed by atoms with Crippen LogP contribution in [-0.2, 0) is 15.1 Å². The maximum Gasteiger partial charge on any atom is 0.344 e. The van der Waals surface area contributed by atoms with E-state index in [0.29, 0.717) is 23.9 Å². The van der Waals surface area contributed by atoms with Gasteiger partial charge in [-0.2, -0.15) is 5.01 Å². The molecule has 162 valence electrons. The van der Waals surface area contributed by atoms with Gasteiger partial charge in [0, 0.05) is 12.0 Å². The molecule has 1 aromatic carbocycles. The summed E-state index contributed by atoms with van der Waals surface area (Å²) in [4.78, 5) is 38.2. The molecular formula is C21H24N6O3S. The smallest absolute Gasteiger partial charge is 0.318 e. The second-order valence-electron chi connectivity index (χ2n) is 8.24. The standard InChI is InChI=1S/C21H24N6O3S/c1-2-21(14-6-4-3-5-7-14)18(29)27(19(30)22-21)25-16(28)12-31-20-24-23-17(13-8-9-13)26(20)15-10-11-15/h3-7,13,15H,2,8-12H2,1H3,(H,22,30)(H,25,28)/t21-/m0/s1. The number of hydrogen-bond donors (Lipinski definition) is 2. The first-order chi connectivity index (χ1) is 15.0. The molecule has 1 aromatic heterocycles. The summed E-state index contributed by atoms with van der Waals surface area (Å²) < 4.78 is 2.17. The highest BCUT2D eigenvalue weighted by Crippen LogP contribution is 2.46. The number of thioether (sulfide) groups is 1. The van der Waals surface area contributed by atoms with Crippen LogP contribution in [0.4, 0.5) is 4.79 Å². The third-order valence-corrected chi connectivity index (χ3v) is 6.95. The molecule has 5 rings (SSSR count). The van der Waals surface area contributed by atoms with Gasteiger partial charge in [-0.3, -0.25) is 15.0 Å². The average Bonchev–Trinajstić information content (AvgIpc) is 3.72. The van der Waals surface area contributed by atoms with Crippen molar-refractivity contribution in [2.24, 2.45) is 0 Å². The number of aromatic nitrogens is 3. The van der Waals surface area contributed by atoms with Crippen molar-refractivity contribution < 1.29 is 14.4 Å². The molecule has 0 spiro atoms. The molecule has 3 fully saturated rings. The molecule has 0 bridgehead atoms. The van der Waals surface area contributed by atoms with E-state index in [1.807, 2.05) is 25.1 Å². The number of nitrogens with one attached hydrogen (secondary N) is 2. The second-order valence-corrected chi connectivity index (χ2v) is 9.18. The van der Waals surface area contributed by atoms with Crippen LogP contribution in [0.15, 0.2) is 35.5 Å². The third kappa shape index (κ3) is 3.58. The molecule has 9 nitrogen and oxygen atoms in total. The fourth-order valence-corrected chi connectivity index (χ4v) is 4.81. The molecule has 2 heterocycles. The summed E-state index contributed by atoms with van der Waals surface area (Å²) in [6, 6.07) is 8.87. The fourth-order valence-electron chi connectivity index (χ4n) is 4.01. The zero-order valence-corrected chi connectivity index (χ0v) is 18.0. The van der Waals surface area contributed by atoms with Crippen LogP contribution in [0.3, 0.4) is 0 Å². The predicted octanol–water partition coefficient (Wildman–Crippen LogP) is 2.47. The molecule has 31 heavy (non-hydrogen) atoms. The van der Waals surface area contributed by atoms with Gasteiger partial charge in [0.2, 0.25) is 5.91 Å². The number of benzene rings is 1. The molecule has 0 unspecified atom stereocenters. The van der Waals surface area contributed by atoms with Crippen molar-refractivity contribution in [3.63, 3.8) is 0 Å². The number of carbonyl (C=O) groups excluding carboxylic acids is 3. The topological polar surface area (TPSA) is 109 Å². The largest absolute Gasteiger partial charge is 0.344 e. The molecule has 1 saturated heterocycles. The number of hydrazine groups is 1. The minimum Gasteiger partial charge on any atom is -0.318 e. The van der Waals surface area contributed by atoms with Crippen molar-refractivity contribution in [3.8, 4) is 0 Å². The first kappa shape index (κ1) is 20.0. The van der Waals surface area contributed by atoms with Gasteiger partial charge in [-0.05, 0) is 37.7 Å². The summed E-state index contributed by atoms with van der Waals surface area (Å²) in [5, 5.41) is 12.9. The monoisotopic (exact) mass is 440 g/mol. The van der Waals surface area contributed by atoms with E-state index in [1.165, 1.54) is 11.8 Å². The van der Waals surface area contributed by atoms with E-state index in [2.05, 4.69) is 25.5 Å². The lowest BCUT2D eigenvalue weighted by molar-refractivity contribution is -0.138. The summed E-state index contributed by atoms with van der Waals surface area (Å²) in [6.45, 7) is 1.83. The SMILES string of the molecule is CC[C@@]1(c2ccccc2)NC(=O)N(NC(=O)CSc2nnc(C3CC3)n2C2CC2)C1=O. The number of carbonyl (C=O) groups is 3. The van der Waals surface area contributed by atoms with Crippen molar-refractivity contribution in [3.05, 3.63) is 41.7 Å². The minimum absolute atomic E-state index is 0.0387. The summed E-state index contributed by atoms with van der Waals surface area (Å²) >= 11 is 1.28. The Kier molecular flexibility index (Phi) is 4.96. The zero-order valence-electron chi connectivity index (χ0n) is 17.2. The van der Waals surface area contributed by atoms with E-state index in [9.17, 15) is 14.4 Å². The van der Waals surface area contributed by atoms with E-state index in [-0.39, 0.29) is 5.75 Å². The van der Waals surface area contributed by atoms with Crippen LogP contribution in [0.5, 0.6) is 0 Å². The van der Waals surface area contributed by atoms with Gasteiger partial charge in [-0.1, -0.05) is 49.0 Å². The minimum atomic E-state index is -1.18. The Hall–Kier alpha value is -2.88. The average molecular weight is 441 g/mol. The van der Waals surface area contributed by atoms with E-state index < -0.39 is 23.4 Å². The molecule has 1 atom stereocenters. The lowest BCUT2D eigenvalue weighted by Gasteiger charge is -2.25. The van der Waals surface area contributed by atoms with Crippen molar-refractivity contribution in [1.82, 2.24) is 30.5 Å². The number of nitrogens with zero attached hydrogens (tertiary/aromatic N) is 4. The number of hydrogen-bond acceptors (Lipinski definition) is 6. The Bertz CT molecular complexity index is 1030. The van der Waals surface area contributed by atoms with E-state index in [0.717, 1.165) is 41.7 Å². The Morgan fingerprint density at radius 3 is 2.58 bits per heavy atom. The lowest BCUT2D eigenvalue weighted by Crippen LogP contribution is -2.49. The summed E-state index contributed by atoms with van der Waals surface area (Å²) in [5.74, 6) is 0.628. The normalized spacial score (nSPS) is 23.2. The van der Waals surface area contributed by atoms with E-state index in [4.69, 9.17) is 0 Å². The van der Waals surface area contributed by atoms with Gasteiger partial charge in [0.05, 0.1) is 5.75 Å². The van der Waals surface area contributed by atoms with E-state index >= 15 is 0 Å². The van der Waals surface area contributed by atoms with Crippen molar-refractivity contribution in [2.45, 2.75) is 61.7 Å². The van der Waals surface area contributed by atoms with Crippen LogP contribution in [-0.4, -0.2) is 43.4 Å². The van der Waals surface area contributed by atoms with Gasteiger partial charge in [0.15, 0.2) is 5.16 Å². The number of urea groups is 1. The molecule has 1 aliphatic heterocycles. The van der Waals surface area contributed by atoms with Gasteiger partial charge < -0.3 is 9.88 Å². The highest BCUT2D eigenvalue weighted by molar-refractivity contribution is 7.99. The van der Waals surface area contributed by atoms with Crippen LogP contribution in [0.2, 0.25) is 0 Å². The molecule has 2 saturated carbocycles. The fraction of sp³-hybridized carbons (Fsp3) is 0.476. The number of imide groups is 1. The first-order valence-corrected chi connectivity index (χ1v) is 11.6. The summed E-state index contributed by atoms with van der Waals surface area (Å²) in [5.41, 5.74) is 1.98.